The van der Waals surface area contributed by atoms with Gasteiger partial charge in [-0.15, -0.1) is 0 Å². The molecule has 0 aliphatic carbocycles. The first kappa shape index (κ1) is 16.2. The second-order valence-electron chi connectivity index (χ2n) is 4.26. The number of hydrogen-bond acceptors (Lipinski definition) is 5. The fourth-order valence-corrected chi connectivity index (χ4v) is 2.27. The number of imide groups is 1. The predicted octanol–water partition coefficient (Wildman–Crippen LogP) is 1.71. The normalized spacial score (nSPS) is 14.1. The van der Waals surface area contributed by atoms with Crippen molar-refractivity contribution in [2.75, 3.05) is 19.7 Å². The van der Waals surface area contributed by atoms with Crippen LogP contribution in [-0.2, 0) is 9.53 Å². The first-order valence-corrected chi connectivity index (χ1v) is 7.15. The van der Waals surface area contributed by atoms with Crippen LogP contribution in [0.25, 0.3) is 0 Å². The zero-order valence-corrected chi connectivity index (χ0v) is 12.1. The van der Waals surface area contributed by atoms with Crippen LogP contribution in [0.5, 0.6) is 0 Å². The molecule has 0 spiro atoms. The summed E-state index contributed by atoms with van der Waals surface area (Å²) in [5, 5.41) is 2.45. The average Bonchev–Trinajstić information content (AvgIpc) is 2.91. The SMILES string of the molecule is O=C(OCC(=O)N1CCNC1=O)c1ccc(SC(F)F)cc1. The average molecular weight is 330 g/mol. The third-order valence-electron chi connectivity index (χ3n) is 2.80. The summed E-state index contributed by atoms with van der Waals surface area (Å²) < 4.78 is 29.1. The number of esters is 1. The molecule has 1 N–H and O–H groups in total. The zero-order chi connectivity index (χ0) is 16.1. The van der Waals surface area contributed by atoms with Gasteiger partial charge in [-0.1, -0.05) is 11.8 Å². The van der Waals surface area contributed by atoms with Crippen LogP contribution in [0.2, 0.25) is 0 Å². The van der Waals surface area contributed by atoms with Crippen molar-refractivity contribution in [1.82, 2.24) is 10.2 Å². The predicted molar refractivity (Wildman–Crippen MR) is 73.7 cm³/mol. The number of carbonyl (C=O) groups is 3. The largest absolute Gasteiger partial charge is 0.452 e. The molecule has 118 valence electrons. The number of halogens is 2. The molecule has 1 aliphatic rings. The van der Waals surface area contributed by atoms with Gasteiger partial charge in [-0.2, -0.15) is 8.78 Å². The van der Waals surface area contributed by atoms with Gasteiger partial charge in [-0.05, 0) is 24.3 Å². The van der Waals surface area contributed by atoms with E-state index in [9.17, 15) is 23.2 Å². The van der Waals surface area contributed by atoms with Gasteiger partial charge in [0.1, 0.15) is 0 Å². The van der Waals surface area contributed by atoms with Crippen LogP contribution in [0.4, 0.5) is 13.6 Å². The molecule has 0 unspecified atom stereocenters. The fraction of sp³-hybridized carbons (Fsp3) is 0.308. The van der Waals surface area contributed by atoms with E-state index in [0.717, 1.165) is 4.90 Å². The molecular weight excluding hydrogens is 318 g/mol. The Balaban J connectivity index is 1.86. The Morgan fingerprint density at radius 1 is 1.32 bits per heavy atom. The molecule has 1 heterocycles. The van der Waals surface area contributed by atoms with Gasteiger partial charge in [0.05, 0.1) is 5.56 Å². The maximum atomic E-state index is 12.2. The number of alkyl halides is 2. The third-order valence-corrected chi connectivity index (χ3v) is 3.52. The summed E-state index contributed by atoms with van der Waals surface area (Å²) in [6.45, 7) is 0.0380. The van der Waals surface area contributed by atoms with Crippen LogP contribution in [0.1, 0.15) is 10.4 Å². The maximum absolute atomic E-state index is 12.2. The van der Waals surface area contributed by atoms with E-state index in [2.05, 4.69) is 5.32 Å². The summed E-state index contributed by atoms with van der Waals surface area (Å²) in [5.74, 6) is -3.92. The monoisotopic (exact) mass is 330 g/mol. The molecule has 1 aromatic carbocycles. The number of thioether (sulfide) groups is 1. The van der Waals surface area contributed by atoms with Crippen LogP contribution in [-0.4, -0.2) is 48.3 Å². The summed E-state index contributed by atoms with van der Waals surface area (Å²) in [7, 11) is 0. The molecule has 0 bridgehead atoms. The Labute approximate surface area is 128 Å². The van der Waals surface area contributed by atoms with Crippen molar-refractivity contribution in [2.24, 2.45) is 0 Å². The quantitative estimate of drug-likeness (QED) is 0.657. The highest BCUT2D eigenvalue weighted by Crippen LogP contribution is 2.25. The molecule has 9 heteroatoms. The highest BCUT2D eigenvalue weighted by Gasteiger charge is 2.26. The van der Waals surface area contributed by atoms with Crippen LogP contribution in [0, 0.1) is 0 Å². The molecule has 0 saturated carbocycles. The number of ether oxygens (including phenoxy) is 1. The lowest BCUT2D eigenvalue weighted by molar-refractivity contribution is -0.130. The molecule has 2 rings (SSSR count). The van der Waals surface area contributed by atoms with Gasteiger partial charge in [0, 0.05) is 18.0 Å². The van der Waals surface area contributed by atoms with Gasteiger partial charge in [0.15, 0.2) is 6.61 Å². The Bertz CT molecular complexity index is 580. The van der Waals surface area contributed by atoms with Crippen LogP contribution in [0.3, 0.4) is 0 Å². The van der Waals surface area contributed by atoms with Crippen molar-refractivity contribution in [2.45, 2.75) is 10.7 Å². The molecular formula is C13H12F2N2O4S. The van der Waals surface area contributed by atoms with Crippen molar-refractivity contribution < 1.29 is 27.9 Å². The van der Waals surface area contributed by atoms with Gasteiger partial charge in [0.2, 0.25) is 0 Å². The van der Waals surface area contributed by atoms with Crippen molar-refractivity contribution in [3.63, 3.8) is 0 Å². The van der Waals surface area contributed by atoms with Crippen LogP contribution < -0.4 is 5.32 Å². The molecule has 22 heavy (non-hydrogen) atoms. The minimum atomic E-state index is -2.54. The highest BCUT2D eigenvalue weighted by molar-refractivity contribution is 7.99. The molecule has 1 aromatic rings. The minimum absolute atomic E-state index is 0.136. The number of amides is 3. The summed E-state index contributed by atoms with van der Waals surface area (Å²) in [5.41, 5.74) is 0.136. The van der Waals surface area contributed by atoms with E-state index < -0.39 is 30.3 Å². The van der Waals surface area contributed by atoms with E-state index in [1.807, 2.05) is 0 Å². The first-order valence-electron chi connectivity index (χ1n) is 6.27. The van der Waals surface area contributed by atoms with E-state index in [1.165, 1.54) is 24.3 Å². The van der Waals surface area contributed by atoms with Crippen molar-refractivity contribution in [3.8, 4) is 0 Å². The second-order valence-corrected chi connectivity index (χ2v) is 5.32. The number of nitrogens with one attached hydrogen (secondary N) is 1. The van der Waals surface area contributed by atoms with Gasteiger partial charge < -0.3 is 10.1 Å². The van der Waals surface area contributed by atoms with E-state index in [-0.39, 0.29) is 12.1 Å². The first-order chi connectivity index (χ1) is 10.5. The van der Waals surface area contributed by atoms with Crippen LogP contribution >= 0.6 is 11.8 Å². The minimum Gasteiger partial charge on any atom is -0.452 e. The summed E-state index contributed by atoms with van der Waals surface area (Å²) >= 11 is 0.363. The van der Waals surface area contributed by atoms with Gasteiger partial charge in [0.25, 0.3) is 11.7 Å². The fourth-order valence-electron chi connectivity index (χ4n) is 1.77. The van der Waals surface area contributed by atoms with E-state index in [4.69, 9.17) is 4.74 Å². The van der Waals surface area contributed by atoms with Gasteiger partial charge >= 0.3 is 12.0 Å². The zero-order valence-electron chi connectivity index (χ0n) is 11.3. The Morgan fingerprint density at radius 3 is 2.55 bits per heavy atom. The van der Waals surface area contributed by atoms with Crippen LogP contribution in [0.15, 0.2) is 29.2 Å². The summed E-state index contributed by atoms with van der Waals surface area (Å²) in [4.78, 5) is 35.9. The molecule has 1 saturated heterocycles. The van der Waals surface area contributed by atoms with Gasteiger partial charge in [-0.25, -0.2) is 9.59 Å². The molecule has 0 aromatic heterocycles. The molecule has 3 amide bonds. The second kappa shape index (κ2) is 7.21. The van der Waals surface area contributed by atoms with Crippen molar-refractivity contribution >= 4 is 29.7 Å². The molecule has 6 nitrogen and oxygen atoms in total. The number of urea groups is 1. The highest BCUT2D eigenvalue weighted by atomic mass is 32.2. The topological polar surface area (TPSA) is 75.7 Å². The lowest BCUT2D eigenvalue weighted by Gasteiger charge is -2.12. The number of benzene rings is 1. The molecule has 1 fully saturated rings. The standard InChI is InChI=1S/C13H12F2N2O4S/c14-12(15)22-9-3-1-8(2-4-9)11(19)21-7-10(18)17-6-5-16-13(17)20/h1-4,12H,5-7H2,(H,16,20). The Hall–Kier alpha value is -2.16. The number of nitrogens with zero attached hydrogens (tertiary/aromatic N) is 1. The number of carbonyl (C=O) groups excluding carboxylic acids is 3. The Morgan fingerprint density at radius 2 is 2.00 bits per heavy atom. The molecule has 0 radical (unpaired) electrons. The van der Waals surface area contributed by atoms with E-state index >= 15 is 0 Å². The summed E-state index contributed by atoms with van der Waals surface area (Å²) in [6, 6.07) is 4.88. The summed E-state index contributed by atoms with van der Waals surface area (Å²) in [6.07, 6.45) is 0. The third kappa shape index (κ3) is 4.17. The van der Waals surface area contributed by atoms with Crippen molar-refractivity contribution in [3.05, 3.63) is 29.8 Å². The maximum Gasteiger partial charge on any atom is 0.338 e. The van der Waals surface area contributed by atoms with E-state index in [1.54, 1.807) is 0 Å². The lowest BCUT2D eigenvalue weighted by Crippen LogP contribution is -2.37. The smallest absolute Gasteiger partial charge is 0.338 e. The van der Waals surface area contributed by atoms with E-state index in [0.29, 0.717) is 23.2 Å². The molecule has 1 aliphatic heterocycles. The number of rotatable bonds is 5. The number of hydrogen-bond donors (Lipinski definition) is 1. The molecule has 0 atom stereocenters. The van der Waals surface area contributed by atoms with Gasteiger partial charge in [-0.3, -0.25) is 9.69 Å². The van der Waals surface area contributed by atoms with Crippen molar-refractivity contribution in [1.29, 1.82) is 0 Å². The lowest BCUT2D eigenvalue weighted by atomic mass is 10.2. The Kier molecular flexibility index (Phi) is 5.31.